The fraction of sp³-hybridized carbons (Fsp3) is 0.333. The summed E-state index contributed by atoms with van der Waals surface area (Å²) in [5.74, 6) is 0.139. The standard InChI is InChI=1S/C21H22N2O2S/c1-15-11-13-23(18-8-2-3-9-19(18)26-15)21(25)16-6-4-7-17(14-16)22-12-5-10-20(22)24/h2-4,6-9,14-15H,5,10-13H2,1H3. The molecular weight excluding hydrogens is 344 g/mol. The van der Waals surface area contributed by atoms with Crippen LogP contribution in [0.5, 0.6) is 0 Å². The lowest BCUT2D eigenvalue weighted by atomic mass is 10.1. The molecular formula is C21H22N2O2S. The molecule has 5 heteroatoms. The van der Waals surface area contributed by atoms with Crippen LogP contribution in [0.3, 0.4) is 0 Å². The van der Waals surface area contributed by atoms with E-state index in [1.807, 2.05) is 59.1 Å². The van der Waals surface area contributed by atoms with Gasteiger partial charge in [0.05, 0.1) is 5.69 Å². The first kappa shape index (κ1) is 17.2. The van der Waals surface area contributed by atoms with Gasteiger partial charge in [-0.15, -0.1) is 11.8 Å². The normalized spacial score (nSPS) is 20.0. The zero-order valence-electron chi connectivity index (χ0n) is 14.9. The Morgan fingerprint density at radius 3 is 2.77 bits per heavy atom. The third-order valence-corrected chi connectivity index (χ3v) is 6.20. The van der Waals surface area contributed by atoms with Crippen molar-refractivity contribution in [1.29, 1.82) is 0 Å². The number of amides is 2. The molecule has 2 amide bonds. The minimum atomic E-state index is 0.000598. The minimum Gasteiger partial charge on any atom is -0.312 e. The maximum absolute atomic E-state index is 13.3. The molecule has 0 radical (unpaired) electrons. The molecule has 1 atom stereocenters. The van der Waals surface area contributed by atoms with Gasteiger partial charge in [-0.2, -0.15) is 0 Å². The van der Waals surface area contributed by atoms with E-state index in [1.54, 1.807) is 4.90 Å². The summed E-state index contributed by atoms with van der Waals surface area (Å²) in [6, 6.07) is 15.6. The summed E-state index contributed by atoms with van der Waals surface area (Å²) < 4.78 is 0. The van der Waals surface area contributed by atoms with Crippen LogP contribution in [0.1, 0.15) is 36.5 Å². The average Bonchev–Trinajstić information content (AvgIpc) is 3.01. The fourth-order valence-corrected chi connectivity index (χ4v) is 4.69. The lowest BCUT2D eigenvalue weighted by Gasteiger charge is -2.23. The van der Waals surface area contributed by atoms with Gasteiger partial charge < -0.3 is 9.80 Å². The maximum Gasteiger partial charge on any atom is 0.258 e. The second-order valence-corrected chi connectivity index (χ2v) is 8.32. The molecule has 26 heavy (non-hydrogen) atoms. The Hall–Kier alpha value is -2.27. The summed E-state index contributed by atoms with van der Waals surface area (Å²) in [4.78, 5) is 30.1. The predicted molar refractivity (Wildman–Crippen MR) is 106 cm³/mol. The molecule has 2 aromatic rings. The first-order valence-corrected chi connectivity index (χ1v) is 9.99. The van der Waals surface area contributed by atoms with E-state index in [0.717, 1.165) is 35.7 Å². The number of hydrogen-bond acceptors (Lipinski definition) is 3. The van der Waals surface area contributed by atoms with Gasteiger partial charge in [-0.3, -0.25) is 9.59 Å². The molecule has 0 bridgehead atoms. The molecule has 2 heterocycles. The van der Waals surface area contributed by atoms with Crippen molar-refractivity contribution in [3.05, 3.63) is 54.1 Å². The number of anilines is 2. The first-order chi connectivity index (χ1) is 12.6. The molecule has 4 rings (SSSR count). The van der Waals surface area contributed by atoms with Crippen LogP contribution in [0.4, 0.5) is 11.4 Å². The summed E-state index contributed by atoms with van der Waals surface area (Å²) in [6.07, 6.45) is 2.42. The molecule has 134 valence electrons. The number of fused-ring (bicyclic) bond motifs is 1. The monoisotopic (exact) mass is 366 g/mol. The summed E-state index contributed by atoms with van der Waals surface area (Å²) in [6.45, 7) is 3.64. The van der Waals surface area contributed by atoms with E-state index in [2.05, 4.69) is 13.0 Å². The molecule has 0 aliphatic carbocycles. The van der Waals surface area contributed by atoms with Crippen molar-refractivity contribution in [3.8, 4) is 0 Å². The summed E-state index contributed by atoms with van der Waals surface area (Å²) in [5.41, 5.74) is 2.44. The number of para-hydroxylation sites is 1. The minimum absolute atomic E-state index is 0.000598. The molecule has 1 saturated heterocycles. The Kier molecular flexibility index (Phi) is 4.72. The van der Waals surface area contributed by atoms with Gasteiger partial charge in [-0.1, -0.05) is 25.1 Å². The Labute approximate surface area is 158 Å². The van der Waals surface area contributed by atoms with E-state index < -0.39 is 0 Å². The molecule has 2 aromatic carbocycles. The van der Waals surface area contributed by atoms with Crippen molar-refractivity contribution < 1.29 is 9.59 Å². The second kappa shape index (κ2) is 7.16. The highest BCUT2D eigenvalue weighted by molar-refractivity contribution is 8.00. The molecule has 1 fully saturated rings. The maximum atomic E-state index is 13.3. The van der Waals surface area contributed by atoms with Gasteiger partial charge in [-0.05, 0) is 43.2 Å². The molecule has 1 unspecified atom stereocenters. The van der Waals surface area contributed by atoms with E-state index in [-0.39, 0.29) is 11.8 Å². The van der Waals surface area contributed by atoms with E-state index in [4.69, 9.17) is 0 Å². The van der Waals surface area contributed by atoms with Crippen molar-refractivity contribution in [1.82, 2.24) is 0 Å². The third kappa shape index (κ3) is 3.23. The number of benzene rings is 2. The Balaban J connectivity index is 1.66. The Morgan fingerprint density at radius 2 is 1.96 bits per heavy atom. The van der Waals surface area contributed by atoms with Crippen LogP contribution < -0.4 is 9.80 Å². The van der Waals surface area contributed by atoms with Gasteiger partial charge in [0.1, 0.15) is 0 Å². The van der Waals surface area contributed by atoms with Gasteiger partial charge in [0.15, 0.2) is 0 Å². The van der Waals surface area contributed by atoms with Crippen LogP contribution in [0, 0.1) is 0 Å². The molecule has 0 N–H and O–H groups in total. The Bertz CT molecular complexity index is 851. The van der Waals surface area contributed by atoms with Gasteiger partial charge >= 0.3 is 0 Å². The lowest BCUT2D eigenvalue weighted by Crippen LogP contribution is -2.32. The van der Waals surface area contributed by atoms with Gasteiger partial charge in [0, 0.05) is 40.9 Å². The zero-order chi connectivity index (χ0) is 18.1. The lowest BCUT2D eigenvalue weighted by molar-refractivity contribution is -0.117. The van der Waals surface area contributed by atoms with Crippen molar-refractivity contribution in [2.75, 3.05) is 22.9 Å². The van der Waals surface area contributed by atoms with Gasteiger partial charge in [-0.25, -0.2) is 0 Å². The van der Waals surface area contributed by atoms with Crippen LogP contribution >= 0.6 is 11.8 Å². The SMILES string of the molecule is CC1CCN(C(=O)c2cccc(N3CCCC3=O)c2)c2ccccc2S1. The second-order valence-electron chi connectivity index (χ2n) is 6.84. The van der Waals surface area contributed by atoms with Crippen molar-refractivity contribution in [3.63, 3.8) is 0 Å². The fourth-order valence-electron chi connectivity index (χ4n) is 3.58. The number of nitrogens with zero attached hydrogens (tertiary/aromatic N) is 2. The summed E-state index contributed by atoms with van der Waals surface area (Å²) in [5, 5.41) is 0.475. The smallest absolute Gasteiger partial charge is 0.258 e. The van der Waals surface area contributed by atoms with E-state index >= 15 is 0 Å². The number of hydrogen-bond donors (Lipinski definition) is 0. The number of rotatable bonds is 2. The average molecular weight is 366 g/mol. The van der Waals surface area contributed by atoms with Gasteiger partial charge in [0.2, 0.25) is 5.91 Å². The zero-order valence-corrected chi connectivity index (χ0v) is 15.7. The number of carbonyl (C=O) groups is 2. The van der Waals surface area contributed by atoms with E-state index in [9.17, 15) is 9.59 Å². The molecule has 2 aliphatic heterocycles. The molecule has 0 spiro atoms. The molecule has 4 nitrogen and oxygen atoms in total. The largest absolute Gasteiger partial charge is 0.312 e. The van der Waals surface area contributed by atoms with Crippen LogP contribution in [0.25, 0.3) is 0 Å². The Morgan fingerprint density at radius 1 is 1.12 bits per heavy atom. The van der Waals surface area contributed by atoms with Crippen LogP contribution in [-0.2, 0) is 4.79 Å². The topological polar surface area (TPSA) is 40.6 Å². The quantitative estimate of drug-likeness (QED) is 0.794. The van der Waals surface area contributed by atoms with Crippen molar-refractivity contribution in [2.45, 2.75) is 36.3 Å². The number of thioether (sulfide) groups is 1. The molecule has 2 aliphatic rings. The van der Waals surface area contributed by atoms with E-state index in [1.165, 1.54) is 0 Å². The van der Waals surface area contributed by atoms with Crippen LogP contribution in [0.15, 0.2) is 53.4 Å². The predicted octanol–water partition coefficient (Wildman–Crippen LogP) is 4.34. The van der Waals surface area contributed by atoms with Crippen molar-refractivity contribution in [2.24, 2.45) is 0 Å². The highest BCUT2D eigenvalue weighted by Gasteiger charge is 2.26. The van der Waals surface area contributed by atoms with E-state index in [0.29, 0.717) is 23.8 Å². The number of carbonyl (C=O) groups excluding carboxylic acids is 2. The van der Waals surface area contributed by atoms with Crippen LogP contribution in [0.2, 0.25) is 0 Å². The third-order valence-electron chi connectivity index (χ3n) is 4.97. The van der Waals surface area contributed by atoms with Gasteiger partial charge in [0.25, 0.3) is 5.91 Å². The highest BCUT2D eigenvalue weighted by atomic mass is 32.2. The first-order valence-electron chi connectivity index (χ1n) is 9.11. The highest BCUT2D eigenvalue weighted by Crippen LogP contribution is 2.38. The van der Waals surface area contributed by atoms with Crippen molar-refractivity contribution >= 4 is 35.0 Å². The summed E-state index contributed by atoms with van der Waals surface area (Å²) >= 11 is 1.83. The summed E-state index contributed by atoms with van der Waals surface area (Å²) in [7, 11) is 0. The molecule has 0 saturated carbocycles. The molecule has 0 aromatic heterocycles. The van der Waals surface area contributed by atoms with Crippen LogP contribution in [-0.4, -0.2) is 30.2 Å².